The van der Waals surface area contributed by atoms with Crippen molar-refractivity contribution in [1.29, 1.82) is 0 Å². The monoisotopic (exact) mass is 236 g/mol. The minimum absolute atomic E-state index is 0.418. The van der Waals surface area contributed by atoms with E-state index in [4.69, 9.17) is 6.42 Å². The summed E-state index contributed by atoms with van der Waals surface area (Å²) in [6.07, 6.45) is 12.8. The van der Waals surface area contributed by atoms with Gasteiger partial charge in [-0.15, -0.1) is 12.3 Å². The van der Waals surface area contributed by atoms with E-state index in [-0.39, 0.29) is 0 Å². The van der Waals surface area contributed by atoms with Gasteiger partial charge in [0.2, 0.25) is 0 Å². The van der Waals surface area contributed by atoms with Crippen molar-refractivity contribution in [2.45, 2.75) is 76.5 Å². The molecule has 0 spiro atoms. The van der Waals surface area contributed by atoms with Gasteiger partial charge in [-0.25, -0.2) is 0 Å². The molecular formula is C15H28Si. The van der Waals surface area contributed by atoms with E-state index in [2.05, 4.69) is 39.8 Å². The highest BCUT2D eigenvalue weighted by Crippen LogP contribution is 2.49. The quantitative estimate of drug-likeness (QED) is 0.463. The van der Waals surface area contributed by atoms with Crippen molar-refractivity contribution in [1.82, 2.24) is 0 Å². The van der Waals surface area contributed by atoms with Crippen LogP contribution in [0, 0.1) is 18.3 Å². The van der Waals surface area contributed by atoms with E-state index < -0.39 is 8.07 Å². The van der Waals surface area contributed by atoms with Crippen LogP contribution in [0.2, 0.25) is 23.7 Å². The summed E-state index contributed by atoms with van der Waals surface area (Å²) < 4.78 is 0. The summed E-state index contributed by atoms with van der Waals surface area (Å²) in [4.78, 5) is 0. The molecule has 0 aromatic heterocycles. The van der Waals surface area contributed by atoms with Gasteiger partial charge in [-0.05, 0) is 23.8 Å². The summed E-state index contributed by atoms with van der Waals surface area (Å²) in [7, 11) is -1.36. The maximum absolute atomic E-state index is 5.87. The Morgan fingerprint density at radius 1 is 1.12 bits per heavy atom. The number of hydrogen-bond acceptors (Lipinski definition) is 0. The molecule has 92 valence electrons. The summed E-state index contributed by atoms with van der Waals surface area (Å²) in [6, 6.07) is 0. The molecule has 1 heteroatoms. The van der Waals surface area contributed by atoms with E-state index in [9.17, 15) is 0 Å². The van der Waals surface area contributed by atoms with Gasteiger partial charge in [0, 0.05) is 5.54 Å². The van der Waals surface area contributed by atoms with Crippen molar-refractivity contribution in [3.8, 4) is 12.3 Å². The average Bonchev–Trinajstić information content (AvgIpc) is 2.18. The maximum Gasteiger partial charge on any atom is 0.0699 e. The fourth-order valence-corrected chi connectivity index (χ4v) is 5.73. The molecule has 0 aliphatic heterocycles. The van der Waals surface area contributed by atoms with Gasteiger partial charge in [0.05, 0.1) is 8.07 Å². The number of rotatable bonds is 2. The van der Waals surface area contributed by atoms with Crippen LogP contribution < -0.4 is 0 Å². The van der Waals surface area contributed by atoms with Gasteiger partial charge in [-0.2, -0.15) is 0 Å². The molecule has 1 atom stereocenters. The number of hydrogen-bond donors (Lipinski definition) is 0. The molecule has 1 fully saturated rings. The Balaban J connectivity index is 2.85. The summed E-state index contributed by atoms with van der Waals surface area (Å²) in [5.74, 6) is 4.00. The third kappa shape index (κ3) is 2.72. The zero-order valence-electron chi connectivity index (χ0n) is 11.8. The molecule has 1 saturated carbocycles. The molecule has 0 aromatic carbocycles. The average molecular weight is 236 g/mol. The molecule has 0 amide bonds. The van der Waals surface area contributed by atoms with Crippen LogP contribution in [0.3, 0.4) is 0 Å². The minimum atomic E-state index is -1.36. The van der Waals surface area contributed by atoms with Crippen molar-refractivity contribution >= 4 is 8.07 Å². The molecule has 16 heavy (non-hydrogen) atoms. The largest absolute Gasteiger partial charge is 0.120 e. The summed E-state index contributed by atoms with van der Waals surface area (Å²) in [5.41, 5.74) is 0.577. The first-order valence-corrected chi connectivity index (χ1v) is 9.84. The highest BCUT2D eigenvalue weighted by molar-refractivity contribution is 6.82. The lowest BCUT2D eigenvalue weighted by Gasteiger charge is -2.45. The minimum Gasteiger partial charge on any atom is -0.120 e. The Morgan fingerprint density at radius 3 is 2.00 bits per heavy atom. The predicted octanol–water partition coefficient (Wildman–Crippen LogP) is 5.08. The van der Waals surface area contributed by atoms with Gasteiger partial charge in [0.15, 0.2) is 0 Å². The second kappa shape index (κ2) is 4.96. The van der Waals surface area contributed by atoms with Crippen LogP contribution in [0.4, 0.5) is 0 Å². The third-order valence-corrected chi connectivity index (χ3v) is 11.1. The van der Waals surface area contributed by atoms with Gasteiger partial charge in [-0.3, -0.25) is 0 Å². The molecule has 0 N–H and O–H groups in total. The van der Waals surface area contributed by atoms with Crippen LogP contribution in [0.15, 0.2) is 0 Å². The van der Waals surface area contributed by atoms with E-state index in [0.717, 1.165) is 5.92 Å². The van der Waals surface area contributed by atoms with Gasteiger partial charge in [0.1, 0.15) is 0 Å². The highest BCUT2D eigenvalue weighted by atomic mass is 28.3. The van der Waals surface area contributed by atoms with Crippen molar-refractivity contribution in [3.63, 3.8) is 0 Å². The first-order valence-electron chi connectivity index (χ1n) is 6.77. The normalized spacial score (nSPS) is 21.5. The first kappa shape index (κ1) is 13.8. The summed E-state index contributed by atoms with van der Waals surface area (Å²) in [5, 5.41) is 0.418. The Morgan fingerprint density at radius 2 is 1.62 bits per heavy atom. The molecular weight excluding hydrogens is 208 g/mol. The summed E-state index contributed by atoms with van der Waals surface area (Å²) in [6.45, 7) is 12.1. The lowest BCUT2D eigenvalue weighted by Crippen LogP contribution is -2.44. The standard InChI is InChI=1S/C15H28Si/c1-7-14(13-11-9-8-10-12-13)16(5,6)15(2,3)4/h1,13-14H,8-12H2,2-6H3/t14-/m1/s1. The van der Waals surface area contributed by atoms with Crippen molar-refractivity contribution in [2.24, 2.45) is 5.92 Å². The fraction of sp³-hybridized carbons (Fsp3) is 0.867. The van der Waals surface area contributed by atoms with Crippen LogP contribution in [0.1, 0.15) is 52.9 Å². The second-order valence-corrected chi connectivity index (χ2v) is 12.6. The second-order valence-electron chi connectivity index (χ2n) is 7.01. The van der Waals surface area contributed by atoms with E-state index in [1.54, 1.807) is 0 Å². The Bertz CT molecular complexity index is 258. The fourth-order valence-electron chi connectivity index (χ4n) is 2.87. The van der Waals surface area contributed by atoms with Crippen LogP contribution in [0.25, 0.3) is 0 Å². The Kier molecular flexibility index (Phi) is 4.29. The number of terminal acetylenes is 1. The topological polar surface area (TPSA) is 0 Å². The van der Waals surface area contributed by atoms with Crippen molar-refractivity contribution in [2.75, 3.05) is 0 Å². The van der Waals surface area contributed by atoms with Crippen LogP contribution in [-0.2, 0) is 0 Å². The zero-order chi connectivity index (χ0) is 12.4. The Hall–Kier alpha value is -0.223. The van der Waals surface area contributed by atoms with Gasteiger partial charge < -0.3 is 0 Å². The predicted molar refractivity (Wildman–Crippen MR) is 76.4 cm³/mol. The van der Waals surface area contributed by atoms with Gasteiger partial charge in [-0.1, -0.05) is 53.1 Å². The lowest BCUT2D eigenvalue weighted by molar-refractivity contribution is 0.357. The zero-order valence-corrected chi connectivity index (χ0v) is 12.8. The molecule has 1 aliphatic rings. The van der Waals surface area contributed by atoms with Gasteiger partial charge >= 0.3 is 0 Å². The molecule has 0 bridgehead atoms. The first-order chi connectivity index (χ1) is 7.30. The lowest BCUT2D eigenvalue weighted by atomic mass is 9.87. The van der Waals surface area contributed by atoms with Gasteiger partial charge in [0.25, 0.3) is 0 Å². The molecule has 0 unspecified atom stereocenters. The SMILES string of the molecule is C#C[C@H](C1CCCCC1)[Si](C)(C)C(C)(C)C. The molecule has 0 nitrogen and oxygen atoms in total. The molecule has 1 rings (SSSR count). The maximum atomic E-state index is 5.87. The molecule has 0 aromatic rings. The third-order valence-electron chi connectivity index (χ3n) is 5.01. The molecule has 1 aliphatic carbocycles. The summed E-state index contributed by atoms with van der Waals surface area (Å²) >= 11 is 0. The van der Waals surface area contributed by atoms with Crippen LogP contribution in [-0.4, -0.2) is 8.07 Å². The van der Waals surface area contributed by atoms with Crippen molar-refractivity contribution < 1.29 is 0 Å². The van der Waals surface area contributed by atoms with E-state index >= 15 is 0 Å². The smallest absolute Gasteiger partial charge is 0.0699 e. The van der Waals surface area contributed by atoms with Crippen LogP contribution >= 0.6 is 0 Å². The van der Waals surface area contributed by atoms with E-state index in [1.807, 2.05) is 0 Å². The Labute approximate surface area is 103 Å². The molecule has 0 heterocycles. The van der Waals surface area contributed by atoms with E-state index in [1.165, 1.54) is 32.1 Å². The van der Waals surface area contributed by atoms with E-state index in [0.29, 0.717) is 10.6 Å². The molecule has 0 radical (unpaired) electrons. The van der Waals surface area contributed by atoms with Crippen molar-refractivity contribution in [3.05, 3.63) is 0 Å². The molecule has 0 saturated heterocycles. The highest BCUT2D eigenvalue weighted by Gasteiger charge is 2.44. The van der Waals surface area contributed by atoms with Crippen LogP contribution in [0.5, 0.6) is 0 Å².